The molecular weight excluding hydrogens is 399 g/mol. The molecule has 0 fully saturated rings. The van der Waals surface area contributed by atoms with Gasteiger partial charge in [-0.2, -0.15) is 13.2 Å². The van der Waals surface area contributed by atoms with Crippen LogP contribution in [-0.4, -0.2) is 45.0 Å². The Morgan fingerprint density at radius 2 is 1.86 bits per heavy atom. The minimum atomic E-state index is -4.53. The quantitative estimate of drug-likeness (QED) is 0.654. The number of anilines is 1. The van der Waals surface area contributed by atoms with Crippen molar-refractivity contribution in [1.82, 2.24) is 0 Å². The van der Waals surface area contributed by atoms with Gasteiger partial charge >= 0.3 is 12.1 Å². The number of nitrogens with one attached hydrogen (secondary N) is 1. The Bertz CT molecular complexity index is 818. The smallest absolute Gasteiger partial charge is 0.411 e. The van der Waals surface area contributed by atoms with Gasteiger partial charge in [0.25, 0.3) is 5.91 Å². The lowest BCUT2D eigenvalue weighted by molar-refractivity contribution is -0.174. The second kappa shape index (κ2) is 9.56. The molecule has 0 atom stereocenters. The first-order valence-corrected chi connectivity index (χ1v) is 9.00. The van der Waals surface area contributed by atoms with Crippen molar-refractivity contribution in [3.05, 3.63) is 35.2 Å². The number of carbonyl (C=O) groups excluding carboxylic acids is 2. The molecule has 1 aromatic carbocycles. The average molecular weight is 417 g/mol. The lowest BCUT2D eigenvalue weighted by Gasteiger charge is -2.10. The minimum absolute atomic E-state index is 0.124. The normalized spacial score (nSPS) is 11.2. The summed E-state index contributed by atoms with van der Waals surface area (Å²) in [6.07, 6.45) is -4.53. The summed E-state index contributed by atoms with van der Waals surface area (Å²) in [7, 11) is 1.53. The monoisotopic (exact) mass is 417 g/mol. The third-order valence-corrected chi connectivity index (χ3v) is 4.32. The van der Waals surface area contributed by atoms with E-state index < -0.39 is 31.3 Å². The highest BCUT2D eigenvalue weighted by Crippen LogP contribution is 2.36. The van der Waals surface area contributed by atoms with E-state index in [0.29, 0.717) is 16.9 Å². The lowest BCUT2D eigenvalue weighted by atomic mass is 10.0. The fourth-order valence-electron chi connectivity index (χ4n) is 2.26. The third-order valence-electron chi connectivity index (χ3n) is 3.42. The number of hydrogen-bond donors (Lipinski definition) is 1. The van der Waals surface area contributed by atoms with E-state index in [0.717, 1.165) is 11.3 Å². The number of hydrogen-bond acceptors (Lipinski definition) is 6. The van der Waals surface area contributed by atoms with Gasteiger partial charge in [-0.15, -0.1) is 11.3 Å². The highest BCUT2D eigenvalue weighted by molar-refractivity contribution is 7.15. The summed E-state index contributed by atoms with van der Waals surface area (Å²) in [6.45, 7) is -0.566. The molecule has 0 bridgehead atoms. The van der Waals surface area contributed by atoms with Crippen molar-refractivity contribution in [3.8, 4) is 16.9 Å². The van der Waals surface area contributed by atoms with Crippen molar-refractivity contribution in [3.63, 3.8) is 0 Å². The van der Waals surface area contributed by atoms with Gasteiger partial charge in [0.1, 0.15) is 29.5 Å². The van der Waals surface area contributed by atoms with Crippen molar-refractivity contribution in [2.75, 3.05) is 32.2 Å². The topological polar surface area (TPSA) is 73.9 Å². The summed E-state index contributed by atoms with van der Waals surface area (Å²) in [5, 5.41) is 4.23. The number of amides is 1. The molecule has 1 N–H and O–H groups in total. The van der Waals surface area contributed by atoms with Gasteiger partial charge in [-0.25, -0.2) is 4.79 Å². The van der Waals surface area contributed by atoms with Gasteiger partial charge in [0.2, 0.25) is 0 Å². The Morgan fingerprint density at radius 1 is 1.18 bits per heavy atom. The second-order valence-corrected chi connectivity index (χ2v) is 6.34. The first-order chi connectivity index (χ1) is 13.2. The number of esters is 1. The number of rotatable bonds is 8. The van der Waals surface area contributed by atoms with E-state index in [-0.39, 0.29) is 17.2 Å². The van der Waals surface area contributed by atoms with E-state index in [9.17, 15) is 22.8 Å². The van der Waals surface area contributed by atoms with Crippen LogP contribution in [0, 0.1) is 0 Å². The summed E-state index contributed by atoms with van der Waals surface area (Å²) < 4.78 is 50.8. The number of carbonyl (C=O) groups is 2. The number of halogens is 3. The summed E-state index contributed by atoms with van der Waals surface area (Å²) in [4.78, 5) is 24.3. The van der Waals surface area contributed by atoms with Gasteiger partial charge in [-0.1, -0.05) is 12.1 Å². The Hall–Kier alpha value is -2.59. The van der Waals surface area contributed by atoms with Crippen LogP contribution in [0.1, 0.15) is 17.3 Å². The Labute approximate surface area is 163 Å². The zero-order valence-corrected chi connectivity index (χ0v) is 15.9. The van der Waals surface area contributed by atoms with Crippen LogP contribution in [0.3, 0.4) is 0 Å². The fraction of sp³-hybridized carbons (Fsp3) is 0.333. The lowest BCUT2D eigenvalue weighted by Crippen LogP contribution is -2.24. The zero-order chi connectivity index (χ0) is 20.7. The first kappa shape index (κ1) is 21.7. The largest absolute Gasteiger partial charge is 0.497 e. The molecular formula is C18H18F3NO5S. The van der Waals surface area contributed by atoms with Gasteiger partial charge in [-0.3, -0.25) is 4.79 Å². The van der Waals surface area contributed by atoms with Crippen LogP contribution >= 0.6 is 11.3 Å². The van der Waals surface area contributed by atoms with Gasteiger partial charge < -0.3 is 19.5 Å². The molecule has 0 aliphatic carbocycles. The maximum atomic E-state index is 12.4. The fourth-order valence-corrected chi connectivity index (χ4v) is 3.23. The summed E-state index contributed by atoms with van der Waals surface area (Å²) >= 11 is 1.06. The molecule has 0 radical (unpaired) electrons. The van der Waals surface area contributed by atoms with E-state index in [4.69, 9.17) is 9.47 Å². The third kappa shape index (κ3) is 5.96. The van der Waals surface area contributed by atoms with Crippen LogP contribution < -0.4 is 10.1 Å². The standard InChI is InChI=1S/C18H18F3NO5S/c1-3-27-17(24)15-13(11-4-6-12(25-2)7-5-11)9-28-16(15)22-14(23)8-26-10-18(19,20)21/h4-7,9H,3,8,10H2,1-2H3,(H,22,23). The molecule has 0 saturated carbocycles. The highest BCUT2D eigenvalue weighted by atomic mass is 32.1. The van der Waals surface area contributed by atoms with Crippen LogP contribution in [-0.2, 0) is 14.3 Å². The number of benzene rings is 1. The molecule has 0 aliphatic heterocycles. The molecule has 0 unspecified atom stereocenters. The van der Waals surface area contributed by atoms with Gasteiger partial charge in [0.05, 0.1) is 13.7 Å². The SMILES string of the molecule is CCOC(=O)c1c(-c2ccc(OC)cc2)csc1NC(=O)COCC(F)(F)F. The molecule has 0 aliphatic rings. The van der Waals surface area contributed by atoms with Crippen LogP contribution in [0.4, 0.5) is 18.2 Å². The van der Waals surface area contributed by atoms with E-state index in [2.05, 4.69) is 10.1 Å². The molecule has 0 saturated heterocycles. The summed E-state index contributed by atoms with van der Waals surface area (Å²) in [5.74, 6) is -0.828. The van der Waals surface area contributed by atoms with Crippen LogP contribution in [0.15, 0.2) is 29.6 Å². The van der Waals surface area contributed by atoms with Gasteiger partial charge in [0, 0.05) is 10.9 Å². The van der Waals surface area contributed by atoms with Gasteiger partial charge in [0.15, 0.2) is 0 Å². The van der Waals surface area contributed by atoms with E-state index >= 15 is 0 Å². The molecule has 2 aromatic rings. The highest BCUT2D eigenvalue weighted by Gasteiger charge is 2.28. The van der Waals surface area contributed by atoms with Crippen LogP contribution in [0.5, 0.6) is 5.75 Å². The van der Waals surface area contributed by atoms with E-state index in [1.807, 2.05) is 0 Å². The number of thiophene rings is 1. The van der Waals surface area contributed by atoms with Crippen molar-refractivity contribution in [2.45, 2.75) is 13.1 Å². The Kier molecular flexibility index (Phi) is 7.41. The molecule has 10 heteroatoms. The molecule has 2 rings (SSSR count). The molecule has 28 heavy (non-hydrogen) atoms. The van der Waals surface area contributed by atoms with Crippen molar-refractivity contribution >= 4 is 28.2 Å². The van der Waals surface area contributed by atoms with E-state index in [1.165, 1.54) is 7.11 Å². The molecule has 1 heterocycles. The Morgan fingerprint density at radius 3 is 2.43 bits per heavy atom. The number of ether oxygens (including phenoxy) is 3. The average Bonchev–Trinajstić information content (AvgIpc) is 3.04. The minimum Gasteiger partial charge on any atom is -0.497 e. The molecule has 6 nitrogen and oxygen atoms in total. The maximum absolute atomic E-state index is 12.4. The van der Waals surface area contributed by atoms with Crippen molar-refractivity contribution in [2.24, 2.45) is 0 Å². The van der Waals surface area contributed by atoms with Gasteiger partial charge in [-0.05, 0) is 24.6 Å². The molecule has 0 spiro atoms. The second-order valence-electron chi connectivity index (χ2n) is 5.46. The van der Waals surface area contributed by atoms with Crippen molar-refractivity contribution < 1.29 is 37.0 Å². The molecule has 152 valence electrons. The predicted octanol–water partition coefficient (Wildman–Crippen LogP) is 4.12. The number of alkyl halides is 3. The first-order valence-electron chi connectivity index (χ1n) is 8.12. The number of methoxy groups -OCH3 is 1. The zero-order valence-electron chi connectivity index (χ0n) is 15.1. The Balaban J connectivity index is 2.22. The molecule has 1 aromatic heterocycles. The maximum Gasteiger partial charge on any atom is 0.411 e. The predicted molar refractivity (Wildman–Crippen MR) is 97.8 cm³/mol. The summed E-state index contributed by atoms with van der Waals surface area (Å²) in [5.41, 5.74) is 1.34. The van der Waals surface area contributed by atoms with Crippen molar-refractivity contribution in [1.29, 1.82) is 0 Å². The van der Waals surface area contributed by atoms with Crippen LogP contribution in [0.2, 0.25) is 0 Å². The molecule has 1 amide bonds. The summed E-state index contributed by atoms with van der Waals surface area (Å²) in [6, 6.07) is 6.90. The van der Waals surface area contributed by atoms with E-state index in [1.54, 1.807) is 36.6 Å². The van der Waals surface area contributed by atoms with Crippen LogP contribution in [0.25, 0.3) is 11.1 Å².